The highest BCUT2D eigenvalue weighted by atomic mass is 79.9. The molecule has 0 unspecified atom stereocenters. The quantitative estimate of drug-likeness (QED) is 0.874. The van der Waals surface area contributed by atoms with Gasteiger partial charge in [-0.15, -0.1) is 0 Å². The fourth-order valence-electron chi connectivity index (χ4n) is 2.65. The molecule has 1 fully saturated rings. The van der Waals surface area contributed by atoms with Gasteiger partial charge >= 0.3 is 0 Å². The topological polar surface area (TPSA) is 35.5 Å². The summed E-state index contributed by atoms with van der Waals surface area (Å²) < 4.78 is 0.711. The Balaban J connectivity index is 2.35. The molecule has 0 spiro atoms. The molecular formula is C14H20BrClN2O. The van der Waals surface area contributed by atoms with E-state index >= 15 is 0 Å². The first-order valence-corrected chi connectivity index (χ1v) is 7.94. The maximum atomic E-state index is 10.3. The predicted octanol–water partition coefficient (Wildman–Crippen LogP) is 3.55. The van der Waals surface area contributed by atoms with Crippen molar-refractivity contribution in [1.29, 1.82) is 0 Å². The summed E-state index contributed by atoms with van der Waals surface area (Å²) in [5.41, 5.74) is 0.861. The second-order valence-electron chi connectivity index (χ2n) is 4.88. The van der Waals surface area contributed by atoms with E-state index in [2.05, 4.69) is 33.1 Å². The normalized spacial score (nSPS) is 18.5. The lowest BCUT2D eigenvalue weighted by molar-refractivity contribution is 0.162. The SMILES string of the molecule is CCC[C@H](c1c(Cl)ccc(Br)c1O)N1CCNCC1. The first kappa shape index (κ1) is 15.1. The molecule has 0 bridgehead atoms. The summed E-state index contributed by atoms with van der Waals surface area (Å²) in [5.74, 6) is 0.282. The standard InChI is InChI=1S/C14H20BrClN2O/c1-2-3-12(18-8-6-17-7-9-18)13-11(16)5-4-10(15)14(13)19/h4-5,12,17,19H,2-3,6-9H2,1H3/t12-/m1/s1. The van der Waals surface area contributed by atoms with Crippen LogP contribution in [0.3, 0.4) is 0 Å². The first-order chi connectivity index (χ1) is 9.15. The van der Waals surface area contributed by atoms with E-state index in [-0.39, 0.29) is 11.8 Å². The van der Waals surface area contributed by atoms with Crippen molar-refractivity contribution in [3.05, 3.63) is 27.2 Å². The number of rotatable bonds is 4. The monoisotopic (exact) mass is 346 g/mol. The maximum absolute atomic E-state index is 10.3. The number of hydrogen-bond donors (Lipinski definition) is 2. The molecule has 2 rings (SSSR count). The lowest BCUT2D eigenvalue weighted by Crippen LogP contribution is -2.45. The molecule has 0 amide bonds. The number of phenolic OH excluding ortho intramolecular Hbond substituents is 1. The molecule has 1 atom stereocenters. The Kier molecular flexibility index (Phi) is 5.51. The van der Waals surface area contributed by atoms with Crippen LogP contribution in [0.5, 0.6) is 5.75 Å². The molecule has 0 aromatic heterocycles. The third-order valence-electron chi connectivity index (χ3n) is 3.60. The predicted molar refractivity (Wildman–Crippen MR) is 82.9 cm³/mol. The number of halogens is 2. The van der Waals surface area contributed by atoms with Crippen molar-refractivity contribution in [3.63, 3.8) is 0 Å². The Bertz CT molecular complexity index is 436. The number of piperazine rings is 1. The van der Waals surface area contributed by atoms with Gasteiger partial charge in [-0.05, 0) is 34.5 Å². The first-order valence-electron chi connectivity index (χ1n) is 6.76. The molecule has 5 heteroatoms. The number of nitrogens with one attached hydrogen (secondary N) is 1. The van der Waals surface area contributed by atoms with Crippen LogP contribution in [0.1, 0.15) is 31.4 Å². The smallest absolute Gasteiger partial charge is 0.136 e. The van der Waals surface area contributed by atoms with E-state index in [1.165, 1.54) is 0 Å². The molecule has 1 aromatic rings. The van der Waals surface area contributed by atoms with E-state index < -0.39 is 0 Å². The Morgan fingerprint density at radius 1 is 1.42 bits per heavy atom. The van der Waals surface area contributed by atoms with Gasteiger partial charge in [-0.25, -0.2) is 0 Å². The van der Waals surface area contributed by atoms with Crippen molar-refractivity contribution in [2.24, 2.45) is 0 Å². The van der Waals surface area contributed by atoms with Gasteiger partial charge in [0.2, 0.25) is 0 Å². The Hall–Kier alpha value is -0.290. The van der Waals surface area contributed by atoms with Crippen LogP contribution in [-0.2, 0) is 0 Å². The van der Waals surface area contributed by atoms with Crippen LogP contribution in [0.15, 0.2) is 16.6 Å². The molecule has 3 nitrogen and oxygen atoms in total. The summed E-state index contributed by atoms with van der Waals surface area (Å²) in [4.78, 5) is 2.41. The van der Waals surface area contributed by atoms with Gasteiger partial charge in [-0.1, -0.05) is 24.9 Å². The summed E-state index contributed by atoms with van der Waals surface area (Å²) in [7, 11) is 0. The summed E-state index contributed by atoms with van der Waals surface area (Å²) >= 11 is 9.71. The molecule has 1 saturated heterocycles. The Labute approximate surface area is 128 Å². The van der Waals surface area contributed by atoms with Crippen molar-refractivity contribution in [2.75, 3.05) is 26.2 Å². The van der Waals surface area contributed by atoms with Crippen LogP contribution >= 0.6 is 27.5 Å². The fourth-order valence-corrected chi connectivity index (χ4v) is 3.27. The lowest BCUT2D eigenvalue weighted by Gasteiger charge is -2.36. The number of aromatic hydroxyl groups is 1. The van der Waals surface area contributed by atoms with Gasteiger partial charge in [-0.3, -0.25) is 4.90 Å². The summed E-state index contributed by atoms with van der Waals surface area (Å²) in [6.45, 7) is 6.14. The lowest BCUT2D eigenvalue weighted by atomic mass is 9.98. The maximum Gasteiger partial charge on any atom is 0.136 e. The minimum atomic E-state index is 0.192. The highest BCUT2D eigenvalue weighted by Crippen LogP contribution is 2.41. The van der Waals surface area contributed by atoms with Crippen LogP contribution in [0.4, 0.5) is 0 Å². The number of phenols is 1. The largest absolute Gasteiger partial charge is 0.506 e. The van der Waals surface area contributed by atoms with E-state index in [9.17, 15) is 5.11 Å². The zero-order valence-corrected chi connectivity index (χ0v) is 13.5. The average Bonchev–Trinajstić information content (AvgIpc) is 2.43. The Morgan fingerprint density at radius 2 is 2.11 bits per heavy atom. The second kappa shape index (κ2) is 6.93. The van der Waals surface area contributed by atoms with Crippen molar-refractivity contribution in [1.82, 2.24) is 10.2 Å². The second-order valence-corrected chi connectivity index (χ2v) is 6.14. The van der Waals surface area contributed by atoms with Gasteiger partial charge < -0.3 is 10.4 Å². The number of nitrogens with zero attached hydrogens (tertiary/aromatic N) is 1. The summed E-state index contributed by atoms with van der Waals surface area (Å²) in [6.07, 6.45) is 2.07. The molecule has 1 aromatic carbocycles. The van der Waals surface area contributed by atoms with E-state index in [4.69, 9.17) is 11.6 Å². The molecular weight excluding hydrogens is 328 g/mol. The zero-order chi connectivity index (χ0) is 13.8. The molecule has 1 aliphatic heterocycles. The molecule has 106 valence electrons. The summed E-state index contributed by atoms with van der Waals surface area (Å²) in [5, 5.41) is 14.3. The molecule has 1 aliphatic rings. The molecule has 0 aliphatic carbocycles. The van der Waals surface area contributed by atoms with Crippen LogP contribution in [0.25, 0.3) is 0 Å². The van der Waals surface area contributed by atoms with Gasteiger partial charge in [0, 0.05) is 42.8 Å². The molecule has 19 heavy (non-hydrogen) atoms. The van der Waals surface area contributed by atoms with E-state index in [1.54, 1.807) is 6.07 Å². The van der Waals surface area contributed by atoms with Crippen LogP contribution in [0.2, 0.25) is 5.02 Å². The minimum Gasteiger partial charge on any atom is -0.506 e. The summed E-state index contributed by atoms with van der Waals surface area (Å²) in [6, 6.07) is 3.84. The van der Waals surface area contributed by atoms with E-state index in [1.807, 2.05) is 6.07 Å². The van der Waals surface area contributed by atoms with E-state index in [0.29, 0.717) is 9.50 Å². The van der Waals surface area contributed by atoms with Crippen molar-refractivity contribution < 1.29 is 5.11 Å². The highest BCUT2D eigenvalue weighted by Gasteiger charge is 2.26. The number of benzene rings is 1. The third kappa shape index (κ3) is 3.43. The molecule has 0 saturated carbocycles. The van der Waals surface area contributed by atoms with E-state index in [0.717, 1.165) is 44.6 Å². The molecule has 0 radical (unpaired) electrons. The zero-order valence-electron chi connectivity index (χ0n) is 11.1. The van der Waals surface area contributed by atoms with Gasteiger partial charge in [0.15, 0.2) is 0 Å². The Morgan fingerprint density at radius 3 is 2.74 bits per heavy atom. The van der Waals surface area contributed by atoms with Gasteiger partial charge in [0.05, 0.1) is 4.47 Å². The highest BCUT2D eigenvalue weighted by molar-refractivity contribution is 9.10. The van der Waals surface area contributed by atoms with Crippen LogP contribution < -0.4 is 5.32 Å². The third-order valence-corrected chi connectivity index (χ3v) is 4.57. The molecule has 1 heterocycles. The van der Waals surface area contributed by atoms with Gasteiger partial charge in [0.25, 0.3) is 0 Å². The van der Waals surface area contributed by atoms with Crippen molar-refractivity contribution in [2.45, 2.75) is 25.8 Å². The van der Waals surface area contributed by atoms with Gasteiger partial charge in [0.1, 0.15) is 5.75 Å². The fraction of sp³-hybridized carbons (Fsp3) is 0.571. The van der Waals surface area contributed by atoms with Crippen LogP contribution in [-0.4, -0.2) is 36.2 Å². The average molecular weight is 348 g/mol. The molecule has 2 N–H and O–H groups in total. The minimum absolute atomic E-state index is 0.192. The van der Waals surface area contributed by atoms with Crippen LogP contribution in [0, 0.1) is 0 Å². The van der Waals surface area contributed by atoms with Crippen molar-refractivity contribution >= 4 is 27.5 Å². The van der Waals surface area contributed by atoms with Crippen molar-refractivity contribution in [3.8, 4) is 5.75 Å². The van der Waals surface area contributed by atoms with Gasteiger partial charge in [-0.2, -0.15) is 0 Å². The number of hydrogen-bond acceptors (Lipinski definition) is 3.